The van der Waals surface area contributed by atoms with E-state index in [-0.39, 0.29) is 5.78 Å². The van der Waals surface area contributed by atoms with Crippen LogP contribution in [0.3, 0.4) is 0 Å². The highest BCUT2D eigenvalue weighted by molar-refractivity contribution is 5.95. The minimum absolute atomic E-state index is 0.142. The standard InChI is InChI=1S/C12H18N2O/c1-8(2)14-12(10-5-4-6-10)11(7-13-14)9(3)15/h7-8,10H,4-6H2,1-3H3. The largest absolute Gasteiger partial charge is 0.294 e. The Morgan fingerprint density at radius 1 is 1.53 bits per heavy atom. The molecule has 0 bridgehead atoms. The van der Waals surface area contributed by atoms with Crippen molar-refractivity contribution >= 4 is 5.78 Å². The third kappa shape index (κ3) is 1.71. The molecule has 0 aliphatic heterocycles. The van der Waals surface area contributed by atoms with Crippen molar-refractivity contribution in [2.45, 2.75) is 52.0 Å². The minimum atomic E-state index is 0.142. The van der Waals surface area contributed by atoms with Crippen LogP contribution < -0.4 is 0 Å². The monoisotopic (exact) mass is 206 g/mol. The van der Waals surface area contributed by atoms with Crippen molar-refractivity contribution < 1.29 is 4.79 Å². The van der Waals surface area contributed by atoms with Crippen LogP contribution in [0.5, 0.6) is 0 Å². The van der Waals surface area contributed by atoms with E-state index in [1.807, 2.05) is 4.68 Å². The van der Waals surface area contributed by atoms with Gasteiger partial charge < -0.3 is 0 Å². The molecule has 82 valence electrons. The van der Waals surface area contributed by atoms with Gasteiger partial charge in [-0.25, -0.2) is 0 Å². The summed E-state index contributed by atoms with van der Waals surface area (Å²) in [7, 11) is 0. The number of carbonyl (C=O) groups excluding carboxylic acids is 1. The predicted octanol–water partition coefficient (Wildman–Crippen LogP) is 2.93. The summed E-state index contributed by atoms with van der Waals surface area (Å²) in [4.78, 5) is 11.5. The van der Waals surface area contributed by atoms with Crippen LogP contribution in [0.1, 0.15) is 68.0 Å². The molecule has 3 nitrogen and oxygen atoms in total. The number of carbonyl (C=O) groups is 1. The first-order chi connectivity index (χ1) is 7.11. The van der Waals surface area contributed by atoms with Gasteiger partial charge in [-0.1, -0.05) is 6.42 Å². The van der Waals surface area contributed by atoms with E-state index in [0.717, 1.165) is 5.56 Å². The van der Waals surface area contributed by atoms with Crippen LogP contribution in [-0.2, 0) is 0 Å². The summed E-state index contributed by atoms with van der Waals surface area (Å²) >= 11 is 0. The van der Waals surface area contributed by atoms with Crippen LogP contribution in [0.25, 0.3) is 0 Å². The van der Waals surface area contributed by atoms with Crippen molar-refractivity contribution in [3.8, 4) is 0 Å². The molecule has 0 atom stereocenters. The molecule has 1 aliphatic carbocycles. The van der Waals surface area contributed by atoms with E-state index in [9.17, 15) is 4.79 Å². The maximum atomic E-state index is 11.5. The first kappa shape index (κ1) is 10.4. The van der Waals surface area contributed by atoms with E-state index in [2.05, 4.69) is 18.9 Å². The van der Waals surface area contributed by atoms with Gasteiger partial charge >= 0.3 is 0 Å². The summed E-state index contributed by atoms with van der Waals surface area (Å²) in [5.41, 5.74) is 2.00. The predicted molar refractivity (Wildman–Crippen MR) is 59.2 cm³/mol. The van der Waals surface area contributed by atoms with E-state index in [0.29, 0.717) is 12.0 Å². The topological polar surface area (TPSA) is 34.9 Å². The lowest BCUT2D eigenvalue weighted by molar-refractivity contribution is 0.101. The van der Waals surface area contributed by atoms with Gasteiger partial charge in [0.2, 0.25) is 0 Å². The molecule has 15 heavy (non-hydrogen) atoms. The summed E-state index contributed by atoms with van der Waals surface area (Å²) in [6.45, 7) is 5.85. The molecule has 1 aliphatic rings. The van der Waals surface area contributed by atoms with Gasteiger partial charge in [-0.05, 0) is 33.6 Å². The van der Waals surface area contributed by atoms with Gasteiger partial charge in [0, 0.05) is 12.0 Å². The Labute approximate surface area is 90.5 Å². The Balaban J connectivity index is 2.43. The fourth-order valence-corrected chi connectivity index (χ4v) is 2.14. The molecule has 0 unspecified atom stereocenters. The molecule has 1 heterocycles. The highest BCUT2D eigenvalue weighted by atomic mass is 16.1. The second-order valence-corrected chi connectivity index (χ2v) is 4.67. The smallest absolute Gasteiger partial charge is 0.163 e. The molecule has 2 rings (SSSR count). The third-order valence-corrected chi connectivity index (χ3v) is 3.19. The Morgan fingerprint density at radius 3 is 2.60 bits per heavy atom. The molecule has 1 aromatic heterocycles. The molecule has 0 spiro atoms. The van der Waals surface area contributed by atoms with Crippen LogP contribution in [0.15, 0.2) is 6.20 Å². The fraction of sp³-hybridized carbons (Fsp3) is 0.667. The average Bonchev–Trinajstić information content (AvgIpc) is 2.45. The number of ketones is 1. The highest BCUT2D eigenvalue weighted by Crippen LogP contribution is 2.38. The molecule has 0 saturated heterocycles. The van der Waals surface area contributed by atoms with Crippen LogP contribution in [0.4, 0.5) is 0 Å². The third-order valence-electron chi connectivity index (χ3n) is 3.19. The summed E-state index contributed by atoms with van der Waals surface area (Å²) in [5.74, 6) is 0.706. The quantitative estimate of drug-likeness (QED) is 0.713. The molecule has 0 aromatic carbocycles. The SMILES string of the molecule is CC(=O)c1cnn(C(C)C)c1C1CCC1. The molecule has 0 radical (unpaired) electrons. The van der Waals surface area contributed by atoms with Crippen molar-refractivity contribution in [3.63, 3.8) is 0 Å². The van der Waals surface area contributed by atoms with Crippen LogP contribution in [0, 0.1) is 0 Å². The summed E-state index contributed by atoms with van der Waals surface area (Å²) < 4.78 is 2.01. The average molecular weight is 206 g/mol. The minimum Gasteiger partial charge on any atom is -0.294 e. The van der Waals surface area contributed by atoms with Crippen LogP contribution >= 0.6 is 0 Å². The van der Waals surface area contributed by atoms with Gasteiger partial charge in [0.1, 0.15) is 0 Å². The Hall–Kier alpha value is -1.12. The Bertz CT molecular complexity index is 375. The van der Waals surface area contributed by atoms with Gasteiger partial charge in [0.05, 0.1) is 17.5 Å². The van der Waals surface area contributed by atoms with Gasteiger partial charge in [-0.3, -0.25) is 9.48 Å². The zero-order valence-electron chi connectivity index (χ0n) is 9.66. The fourth-order valence-electron chi connectivity index (χ4n) is 2.14. The molecular weight excluding hydrogens is 188 g/mol. The number of nitrogens with zero attached hydrogens (tertiary/aromatic N) is 2. The van der Waals surface area contributed by atoms with E-state index < -0.39 is 0 Å². The van der Waals surface area contributed by atoms with Crippen molar-refractivity contribution in [1.82, 2.24) is 9.78 Å². The van der Waals surface area contributed by atoms with Gasteiger partial charge in [0.15, 0.2) is 5.78 Å². The second kappa shape index (κ2) is 3.80. The van der Waals surface area contributed by atoms with Crippen LogP contribution in [-0.4, -0.2) is 15.6 Å². The van der Waals surface area contributed by atoms with Gasteiger partial charge in [-0.15, -0.1) is 0 Å². The van der Waals surface area contributed by atoms with Crippen LogP contribution in [0.2, 0.25) is 0 Å². The highest BCUT2D eigenvalue weighted by Gasteiger charge is 2.28. The Morgan fingerprint density at radius 2 is 2.20 bits per heavy atom. The number of rotatable bonds is 3. The normalized spacial score (nSPS) is 16.8. The number of hydrogen-bond donors (Lipinski definition) is 0. The number of hydrogen-bond acceptors (Lipinski definition) is 2. The van der Waals surface area contributed by atoms with E-state index in [4.69, 9.17) is 0 Å². The molecule has 1 saturated carbocycles. The van der Waals surface area contributed by atoms with Crippen molar-refractivity contribution in [2.75, 3.05) is 0 Å². The first-order valence-electron chi connectivity index (χ1n) is 5.69. The second-order valence-electron chi connectivity index (χ2n) is 4.67. The Kier molecular flexibility index (Phi) is 2.63. The number of aromatic nitrogens is 2. The molecular formula is C12H18N2O. The van der Waals surface area contributed by atoms with Crippen molar-refractivity contribution in [1.29, 1.82) is 0 Å². The summed E-state index contributed by atoms with van der Waals surface area (Å²) in [6, 6.07) is 0.341. The van der Waals surface area contributed by atoms with Gasteiger partial charge in [0.25, 0.3) is 0 Å². The van der Waals surface area contributed by atoms with Crippen molar-refractivity contribution in [2.24, 2.45) is 0 Å². The lowest BCUT2D eigenvalue weighted by Crippen LogP contribution is -2.18. The van der Waals surface area contributed by atoms with E-state index in [1.54, 1.807) is 13.1 Å². The molecule has 0 amide bonds. The molecule has 0 N–H and O–H groups in total. The molecule has 1 aromatic rings. The zero-order chi connectivity index (χ0) is 11.0. The number of Topliss-reactive ketones (excluding diaryl/α,β-unsaturated/α-hetero) is 1. The first-order valence-corrected chi connectivity index (χ1v) is 5.69. The van der Waals surface area contributed by atoms with Crippen molar-refractivity contribution in [3.05, 3.63) is 17.5 Å². The molecule has 1 fully saturated rings. The lowest BCUT2D eigenvalue weighted by Gasteiger charge is -2.28. The summed E-state index contributed by atoms with van der Waals surface area (Å²) in [5, 5.41) is 4.34. The maximum absolute atomic E-state index is 11.5. The zero-order valence-corrected chi connectivity index (χ0v) is 9.66. The maximum Gasteiger partial charge on any atom is 0.163 e. The van der Waals surface area contributed by atoms with Gasteiger partial charge in [-0.2, -0.15) is 5.10 Å². The molecule has 3 heteroatoms. The van der Waals surface area contributed by atoms with E-state index in [1.165, 1.54) is 25.0 Å². The summed E-state index contributed by atoms with van der Waals surface area (Å²) in [6.07, 6.45) is 5.43. The van der Waals surface area contributed by atoms with E-state index >= 15 is 0 Å². The lowest BCUT2D eigenvalue weighted by atomic mass is 9.81.